The van der Waals surface area contributed by atoms with Gasteiger partial charge >= 0.3 is 6.09 Å². The van der Waals surface area contributed by atoms with Crippen LogP contribution in [0.25, 0.3) is 0 Å². The Morgan fingerprint density at radius 2 is 2.30 bits per heavy atom. The molecular weight excluding hydrogens is 259 g/mol. The number of carbonyl (C=O) groups excluding carboxylic acids is 1. The second-order valence-corrected chi connectivity index (χ2v) is 4.94. The standard InChI is InChI=1S/C15H21FN2O2/c1-3-20-15(19)18(12-7-4-6-11(16)10-12)14-9-5-8-13(14)17-2/h4,6-7,10,13-14,17H,3,5,8-9H2,1-2H3. The molecule has 0 heterocycles. The molecule has 1 saturated carbocycles. The van der Waals surface area contributed by atoms with E-state index < -0.39 is 6.09 Å². The summed E-state index contributed by atoms with van der Waals surface area (Å²) in [5.74, 6) is -0.351. The third-order valence-corrected chi connectivity index (χ3v) is 3.73. The fourth-order valence-electron chi connectivity index (χ4n) is 2.84. The molecule has 0 spiro atoms. The zero-order valence-corrected chi connectivity index (χ0v) is 11.9. The Bertz CT molecular complexity index is 467. The van der Waals surface area contributed by atoms with Gasteiger partial charge in [-0.1, -0.05) is 6.07 Å². The summed E-state index contributed by atoms with van der Waals surface area (Å²) in [5, 5.41) is 3.23. The summed E-state index contributed by atoms with van der Waals surface area (Å²) in [6.45, 7) is 2.08. The Hall–Kier alpha value is -1.62. The maximum Gasteiger partial charge on any atom is 0.414 e. The fraction of sp³-hybridized carbons (Fsp3) is 0.533. The molecule has 4 nitrogen and oxygen atoms in total. The maximum atomic E-state index is 13.4. The average molecular weight is 280 g/mol. The zero-order chi connectivity index (χ0) is 14.5. The Balaban J connectivity index is 2.31. The molecule has 1 amide bonds. The summed E-state index contributed by atoms with van der Waals surface area (Å²) in [5.41, 5.74) is 0.551. The largest absolute Gasteiger partial charge is 0.449 e. The second kappa shape index (κ2) is 6.70. The van der Waals surface area contributed by atoms with Gasteiger partial charge < -0.3 is 10.1 Å². The molecule has 1 aliphatic carbocycles. The van der Waals surface area contributed by atoms with Crippen LogP contribution in [0.4, 0.5) is 14.9 Å². The van der Waals surface area contributed by atoms with Crippen molar-refractivity contribution in [1.29, 1.82) is 0 Å². The van der Waals surface area contributed by atoms with E-state index in [-0.39, 0.29) is 17.9 Å². The number of benzene rings is 1. The molecule has 0 radical (unpaired) electrons. The van der Waals surface area contributed by atoms with Crippen molar-refractivity contribution in [2.24, 2.45) is 0 Å². The van der Waals surface area contributed by atoms with Crippen LogP contribution in [0.15, 0.2) is 24.3 Å². The van der Waals surface area contributed by atoms with E-state index >= 15 is 0 Å². The van der Waals surface area contributed by atoms with Crippen molar-refractivity contribution in [2.75, 3.05) is 18.6 Å². The number of nitrogens with one attached hydrogen (secondary N) is 1. The van der Waals surface area contributed by atoms with Crippen LogP contribution >= 0.6 is 0 Å². The normalized spacial score (nSPS) is 21.8. The Morgan fingerprint density at radius 3 is 2.95 bits per heavy atom. The number of nitrogens with zero attached hydrogens (tertiary/aromatic N) is 1. The Morgan fingerprint density at radius 1 is 1.50 bits per heavy atom. The summed E-state index contributed by atoms with van der Waals surface area (Å²) in [4.78, 5) is 13.8. The van der Waals surface area contributed by atoms with Crippen LogP contribution in [0.3, 0.4) is 0 Å². The number of amides is 1. The minimum atomic E-state index is -0.412. The number of hydrogen-bond donors (Lipinski definition) is 1. The van der Waals surface area contributed by atoms with E-state index in [0.29, 0.717) is 12.3 Å². The smallest absolute Gasteiger partial charge is 0.414 e. The van der Waals surface area contributed by atoms with Crippen molar-refractivity contribution in [2.45, 2.75) is 38.3 Å². The molecule has 20 heavy (non-hydrogen) atoms. The topological polar surface area (TPSA) is 41.6 Å². The summed E-state index contributed by atoms with van der Waals surface area (Å²) in [6.07, 6.45) is 2.53. The highest BCUT2D eigenvalue weighted by molar-refractivity contribution is 5.88. The summed E-state index contributed by atoms with van der Waals surface area (Å²) >= 11 is 0. The molecule has 1 aromatic carbocycles. The van der Waals surface area contributed by atoms with E-state index in [2.05, 4.69) is 5.32 Å². The van der Waals surface area contributed by atoms with Crippen LogP contribution in [0.5, 0.6) is 0 Å². The third kappa shape index (κ3) is 3.10. The molecule has 0 saturated heterocycles. The maximum absolute atomic E-state index is 13.4. The van der Waals surface area contributed by atoms with Crippen LogP contribution < -0.4 is 10.2 Å². The van der Waals surface area contributed by atoms with Gasteiger partial charge in [-0.15, -0.1) is 0 Å². The predicted octanol–water partition coefficient (Wildman–Crippen LogP) is 2.93. The zero-order valence-electron chi connectivity index (χ0n) is 11.9. The molecule has 5 heteroatoms. The quantitative estimate of drug-likeness (QED) is 0.922. The minimum Gasteiger partial charge on any atom is -0.449 e. The molecule has 0 aliphatic heterocycles. The molecule has 0 aromatic heterocycles. The van der Waals surface area contributed by atoms with Gasteiger partial charge in [-0.3, -0.25) is 4.90 Å². The van der Waals surface area contributed by atoms with Gasteiger partial charge in [0.25, 0.3) is 0 Å². The Kier molecular flexibility index (Phi) is 4.95. The monoisotopic (exact) mass is 280 g/mol. The van der Waals surface area contributed by atoms with E-state index in [9.17, 15) is 9.18 Å². The second-order valence-electron chi connectivity index (χ2n) is 4.94. The number of ether oxygens (including phenoxy) is 1. The average Bonchev–Trinajstić information content (AvgIpc) is 2.87. The first-order chi connectivity index (χ1) is 9.67. The summed E-state index contributed by atoms with van der Waals surface area (Å²) < 4.78 is 18.6. The van der Waals surface area contributed by atoms with Gasteiger partial charge in [-0.2, -0.15) is 0 Å². The van der Waals surface area contributed by atoms with E-state index in [1.54, 1.807) is 24.0 Å². The van der Waals surface area contributed by atoms with Crippen molar-refractivity contribution >= 4 is 11.8 Å². The molecule has 2 atom stereocenters. The number of likely N-dealkylation sites (N-methyl/N-ethyl adjacent to an activating group) is 1. The molecule has 0 bridgehead atoms. The molecule has 1 aromatic rings. The summed E-state index contributed by atoms with van der Waals surface area (Å²) in [7, 11) is 1.89. The van der Waals surface area contributed by atoms with Crippen molar-refractivity contribution in [3.8, 4) is 0 Å². The Labute approximate surface area is 118 Å². The van der Waals surface area contributed by atoms with E-state index in [1.165, 1.54) is 12.1 Å². The van der Waals surface area contributed by atoms with Gasteiger partial charge in [0.1, 0.15) is 5.82 Å². The summed E-state index contributed by atoms with van der Waals surface area (Å²) in [6, 6.07) is 6.31. The lowest BCUT2D eigenvalue weighted by atomic mass is 10.1. The highest BCUT2D eigenvalue weighted by atomic mass is 19.1. The lowest BCUT2D eigenvalue weighted by Gasteiger charge is -2.32. The highest BCUT2D eigenvalue weighted by Crippen LogP contribution is 2.29. The number of halogens is 1. The molecule has 110 valence electrons. The van der Waals surface area contributed by atoms with Gasteiger partial charge in [0.05, 0.1) is 18.3 Å². The highest BCUT2D eigenvalue weighted by Gasteiger charge is 2.35. The number of carbonyl (C=O) groups is 1. The van der Waals surface area contributed by atoms with Gasteiger partial charge in [0.15, 0.2) is 0 Å². The SMILES string of the molecule is CCOC(=O)N(c1cccc(F)c1)C1CCCC1NC. The predicted molar refractivity (Wildman–Crippen MR) is 76.4 cm³/mol. The molecule has 2 unspecified atom stereocenters. The van der Waals surface area contributed by atoms with Crippen LogP contribution in [0.2, 0.25) is 0 Å². The van der Waals surface area contributed by atoms with Crippen LogP contribution in [-0.2, 0) is 4.74 Å². The lowest BCUT2D eigenvalue weighted by molar-refractivity contribution is 0.156. The van der Waals surface area contributed by atoms with Crippen LogP contribution in [0, 0.1) is 5.82 Å². The van der Waals surface area contributed by atoms with Crippen LogP contribution in [-0.4, -0.2) is 31.8 Å². The number of hydrogen-bond acceptors (Lipinski definition) is 3. The molecule has 1 aliphatic rings. The van der Waals surface area contributed by atoms with E-state index in [4.69, 9.17) is 4.74 Å². The van der Waals surface area contributed by atoms with E-state index in [0.717, 1.165) is 19.3 Å². The van der Waals surface area contributed by atoms with Gasteiger partial charge in [0, 0.05) is 6.04 Å². The number of rotatable bonds is 4. The van der Waals surface area contributed by atoms with Gasteiger partial charge in [-0.25, -0.2) is 9.18 Å². The first-order valence-corrected chi connectivity index (χ1v) is 7.06. The van der Waals surface area contributed by atoms with E-state index in [1.807, 2.05) is 7.05 Å². The van der Waals surface area contributed by atoms with Gasteiger partial charge in [0.2, 0.25) is 0 Å². The third-order valence-electron chi connectivity index (χ3n) is 3.73. The lowest BCUT2D eigenvalue weighted by Crippen LogP contribution is -2.49. The van der Waals surface area contributed by atoms with Crippen molar-refractivity contribution in [3.05, 3.63) is 30.1 Å². The first-order valence-electron chi connectivity index (χ1n) is 7.06. The van der Waals surface area contributed by atoms with Crippen molar-refractivity contribution < 1.29 is 13.9 Å². The van der Waals surface area contributed by atoms with Crippen molar-refractivity contribution in [1.82, 2.24) is 5.32 Å². The van der Waals surface area contributed by atoms with Crippen LogP contribution in [0.1, 0.15) is 26.2 Å². The number of anilines is 1. The molecule has 1 N–H and O–H groups in total. The minimum absolute atomic E-state index is 0.000787. The molecule has 1 fully saturated rings. The van der Waals surface area contributed by atoms with Gasteiger partial charge in [-0.05, 0) is 51.4 Å². The first kappa shape index (κ1) is 14.8. The fourth-order valence-corrected chi connectivity index (χ4v) is 2.84. The van der Waals surface area contributed by atoms with Crippen molar-refractivity contribution in [3.63, 3.8) is 0 Å². The molecular formula is C15H21FN2O2. The molecule has 2 rings (SSSR count).